The highest BCUT2D eigenvalue weighted by Crippen LogP contribution is 2.22. The maximum atomic E-state index is 12.2. The standard InChI is InChI=1S/C13H11ClN2O.C6H11NO3/c1-15-11-6-5-9(14)8-10(11)13(17)12-4-2-3-7-16-12;1-10-6(9)3-2-5(7)4-8/h2-8,15H,1H3;4-5H,2-3,7H2,1H3. The molecule has 2 rings (SSSR count). The van der Waals surface area contributed by atoms with Gasteiger partial charge in [-0.2, -0.15) is 0 Å². The topological polar surface area (TPSA) is 111 Å². The summed E-state index contributed by atoms with van der Waals surface area (Å²) in [5.41, 5.74) is 6.88. The van der Waals surface area contributed by atoms with Gasteiger partial charge in [-0.3, -0.25) is 14.6 Å². The van der Waals surface area contributed by atoms with Gasteiger partial charge in [0.2, 0.25) is 5.78 Å². The average molecular weight is 392 g/mol. The molecule has 1 aromatic carbocycles. The molecule has 7 nitrogen and oxygen atoms in total. The first-order valence-corrected chi connectivity index (χ1v) is 8.51. The number of ketones is 1. The maximum absolute atomic E-state index is 12.2. The second kappa shape index (κ2) is 11.8. The Morgan fingerprint density at radius 2 is 2.07 bits per heavy atom. The number of methoxy groups -OCH3 is 1. The normalized spacial score (nSPS) is 10.8. The molecule has 8 heteroatoms. The van der Waals surface area contributed by atoms with Gasteiger partial charge in [-0.05, 0) is 36.8 Å². The third kappa shape index (κ3) is 7.55. The van der Waals surface area contributed by atoms with E-state index in [4.69, 9.17) is 17.3 Å². The van der Waals surface area contributed by atoms with E-state index in [1.165, 1.54) is 7.11 Å². The number of aldehydes is 1. The summed E-state index contributed by atoms with van der Waals surface area (Å²) in [5, 5.41) is 3.50. The Hall–Kier alpha value is -2.77. The number of hydrogen-bond donors (Lipinski definition) is 2. The Labute approximate surface area is 162 Å². The molecule has 0 radical (unpaired) electrons. The second-order valence-corrected chi connectivity index (χ2v) is 5.84. The molecule has 0 bridgehead atoms. The van der Waals surface area contributed by atoms with E-state index in [0.29, 0.717) is 29.0 Å². The third-order valence-electron chi connectivity index (χ3n) is 3.48. The number of ether oxygens (including phenoxy) is 1. The van der Waals surface area contributed by atoms with E-state index in [0.717, 1.165) is 5.69 Å². The van der Waals surface area contributed by atoms with Gasteiger partial charge in [0.25, 0.3) is 0 Å². The summed E-state index contributed by atoms with van der Waals surface area (Å²) in [5.74, 6) is -0.477. The van der Waals surface area contributed by atoms with Crippen LogP contribution in [-0.4, -0.2) is 43.2 Å². The van der Waals surface area contributed by atoms with E-state index < -0.39 is 6.04 Å². The Kier molecular flexibility index (Phi) is 9.71. The quantitative estimate of drug-likeness (QED) is 0.423. The van der Waals surface area contributed by atoms with Gasteiger partial charge in [-0.25, -0.2) is 0 Å². The van der Waals surface area contributed by atoms with E-state index in [9.17, 15) is 14.4 Å². The highest BCUT2D eigenvalue weighted by Gasteiger charge is 2.14. The fraction of sp³-hybridized carbons (Fsp3) is 0.263. The van der Waals surface area contributed by atoms with Gasteiger partial charge < -0.3 is 20.6 Å². The molecule has 0 saturated heterocycles. The molecule has 2 aromatic rings. The lowest BCUT2D eigenvalue weighted by atomic mass is 10.1. The highest BCUT2D eigenvalue weighted by atomic mass is 35.5. The number of hydrogen-bond acceptors (Lipinski definition) is 7. The second-order valence-electron chi connectivity index (χ2n) is 5.40. The number of pyridine rings is 1. The van der Waals surface area contributed by atoms with Gasteiger partial charge in [0, 0.05) is 35.9 Å². The molecule has 0 aliphatic rings. The number of nitrogens with two attached hydrogens (primary N) is 1. The van der Waals surface area contributed by atoms with Crippen LogP contribution in [0, 0.1) is 0 Å². The molecule has 1 atom stereocenters. The SMILES string of the molecule is CNc1ccc(Cl)cc1C(=O)c1ccccn1.COC(=O)CCC(N)C=O. The monoisotopic (exact) mass is 391 g/mol. The first-order valence-electron chi connectivity index (χ1n) is 8.13. The Bertz CT molecular complexity index is 769. The van der Waals surface area contributed by atoms with Gasteiger partial charge in [-0.1, -0.05) is 17.7 Å². The zero-order valence-electron chi connectivity index (χ0n) is 15.1. The predicted molar refractivity (Wildman–Crippen MR) is 104 cm³/mol. The third-order valence-corrected chi connectivity index (χ3v) is 3.71. The number of halogens is 1. The van der Waals surface area contributed by atoms with Gasteiger partial charge in [0.1, 0.15) is 12.0 Å². The van der Waals surface area contributed by atoms with Crippen LogP contribution in [0.15, 0.2) is 42.6 Å². The van der Waals surface area contributed by atoms with Crippen LogP contribution in [-0.2, 0) is 14.3 Å². The number of nitrogens with zero attached hydrogens (tertiary/aromatic N) is 1. The van der Waals surface area contributed by atoms with Crippen molar-refractivity contribution in [2.75, 3.05) is 19.5 Å². The van der Waals surface area contributed by atoms with E-state index in [2.05, 4.69) is 15.0 Å². The average Bonchev–Trinajstić information content (AvgIpc) is 2.72. The molecule has 0 aliphatic heterocycles. The number of benzene rings is 1. The van der Waals surface area contributed by atoms with Crippen LogP contribution in [0.25, 0.3) is 0 Å². The summed E-state index contributed by atoms with van der Waals surface area (Å²) in [6.45, 7) is 0. The summed E-state index contributed by atoms with van der Waals surface area (Å²) < 4.78 is 4.33. The van der Waals surface area contributed by atoms with Crippen molar-refractivity contribution in [1.82, 2.24) is 4.98 Å². The summed E-state index contributed by atoms with van der Waals surface area (Å²) in [6, 6.07) is 9.85. The molecular weight excluding hydrogens is 370 g/mol. The Balaban J connectivity index is 0.000000314. The Morgan fingerprint density at radius 3 is 2.63 bits per heavy atom. The minimum atomic E-state index is -0.543. The van der Waals surface area contributed by atoms with Crippen LogP contribution in [0.4, 0.5) is 5.69 Å². The van der Waals surface area contributed by atoms with Gasteiger partial charge in [-0.15, -0.1) is 0 Å². The van der Waals surface area contributed by atoms with E-state index >= 15 is 0 Å². The zero-order chi connectivity index (χ0) is 20.2. The van der Waals surface area contributed by atoms with Crippen LogP contribution >= 0.6 is 11.6 Å². The van der Waals surface area contributed by atoms with Crippen molar-refractivity contribution >= 4 is 35.3 Å². The lowest BCUT2D eigenvalue weighted by Crippen LogP contribution is -2.22. The summed E-state index contributed by atoms with van der Waals surface area (Å²) in [7, 11) is 3.06. The molecular formula is C19H22ClN3O4. The molecule has 0 spiro atoms. The van der Waals surface area contributed by atoms with Crippen LogP contribution in [0.2, 0.25) is 5.02 Å². The fourth-order valence-electron chi connectivity index (χ4n) is 2.01. The van der Waals surface area contributed by atoms with E-state index in [1.54, 1.807) is 49.6 Å². The number of esters is 1. The molecule has 27 heavy (non-hydrogen) atoms. The van der Waals surface area contributed by atoms with Gasteiger partial charge in [0.05, 0.1) is 13.2 Å². The number of carbonyl (C=O) groups excluding carboxylic acids is 3. The fourth-order valence-corrected chi connectivity index (χ4v) is 2.18. The number of carbonyl (C=O) groups is 3. The van der Waals surface area contributed by atoms with Crippen molar-refractivity contribution < 1.29 is 19.1 Å². The largest absolute Gasteiger partial charge is 0.469 e. The van der Waals surface area contributed by atoms with Crippen LogP contribution < -0.4 is 11.1 Å². The summed E-state index contributed by atoms with van der Waals surface area (Å²) >= 11 is 5.90. The van der Waals surface area contributed by atoms with Crippen molar-refractivity contribution in [1.29, 1.82) is 0 Å². The minimum absolute atomic E-state index is 0.141. The molecule has 0 amide bonds. The summed E-state index contributed by atoms with van der Waals surface area (Å²) in [4.78, 5) is 36.6. The number of rotatable bonds is 7. The maximum Gasteiger partial charge on any atom is 0.305 e. The van der Waals surface area contributed by atoms with E-state index in [1.807, 2.05) is 0 Å². The molecule has 0 fully saturated rings. The van der Waals surface area contributed by atoms with Crippen molar-refractivity contribution in [2.24, 2.45) is 5.73 Å². The van der Waals surface area contributed by atoms with Gasteiger partial charge >= 0.3 is 5.97 Å². The Morgan fingerprint density at radius 1 is 1.33 bits per heavy atom. The minimum Gasteiger partial charge on any atom is -0.469 e. The van der Waals surface area contributed by atoms with Crippen LogP contribution in [0.5, 0.6) is 0 Å². The van der Waals surface area contributed by atoms with E-state index in [-0.39, 0.29) is 18.2 Å². The molecule has 0 aliphatic carbocycles. The first-order chi connectivity index (χ1) is 12.9. The van der Waals surface area contributed by atoms with Crippen molar-refractivity contribution in [2.45, 2.75) is 18.9 Å². The highest BCUT2D eigenvalue weighted by molar-refractivity contribution is 6.31. The first kappa shape index (κ1) is 22.3. The lowest BCUT2D eigenvalue weighted by Gasteiger charge is -2.08. The number of anilines is 1. The molecule has 1 aromatic heterocycles. The smallest absolute Gasteiger partial charge is 0.305 e. The van der Waals surface area contributed by atoms with Gasteiger partial charge in [0.15, 0.2) is 0 Å². The number of aromatic nitrogens is 1. The number of nitrogens with one attached hydrogen (secondary N) is 1. The van der Waals surface area contributed by atoms with Crippen LogP contribution in [0.3, 0.4) is 0 Å². The summed E-state index contributed by atoms with van der Waals surface area (Å²) in [6.07, 6.45) is 2.77. The molecule has 1 unspecified atom stereocenters. The zero-order valence-corrected chi connectivity index (χ0v) is 15.9. The predicted octanol–water partition coefficient (Wildman–Crippen LogP) is 2.47. The van der Waals surface area contributed by atoms with Crippen molar-refractivity contribution in [3.8, 4) is 0 Å². The lowest BCUT2D eigenvalue weighted by molar-refractivity contribution is -0.140. The molecule has 1 heterocycles. The molecule has 3 N–H and O–H groups in total. The van der Waals surface area contributed by atoms with Crippen LogP contribution in [0.1, 0.15) is 28.9 Å². The molecule has 0 saturated carbocycles. The van der Waals surface area contributed by atoms with Crippen molar-refractivity contribution in [3.05, 3.63) is 58.9 Å². The molecule has 144 valence electrons. The van der Waals surface area contributed by atoms with Crippen molar-refractivity contribution in [3.63, 3.8) is 0 Å².